The van der Waals surface area contributed by atoms with Crippen molar-refractivity contribution < 1.29 is 17.9 Å². The van der Waals surface area contributed by atoms with Gasteiger partial charge >= 0.3 is 0 Å². The van der Waals surface area contributed by atoms with E-state index in [1.54, 1.807) is 40.5 Å². The van der Waals surface area contributed by atoms with E-state index in [0.717, 1.165) is 63.2 Å². The van der Waals surface area contributed by atoms with Gasteiger partial charge in [-0.15, -0.1) is 0 Å². The van der Waals surface area contributed by atoms with Gasteiger partial charge < -0.3 is 14.5 Å². The van der Waals surface area contributed by atoms with Gasteiger partial charge in [0.1, 0.15) is 0 Å². The van der Waals surface area contributed by atoms with Gasteiger partial charge in [0, 0.05) is 51.0 Å². The molecule has 0 radical (unpaired) electrons. The topological polar surface area (TPSA) is 70.2 Å². The lowest BCUT2D eigenvalue weighted by Crippen LogP contribution is -2.36. The molecule has 0 N–H and O–H groups in total. The van der Waals surface area contributed by atoms with Crippen LogP contribution in [-0.2, 0) is 21.3 Å². The number of nitrogens with zero attached hydrogens (tertiary/aromatic N) is 3. The first kappa shape index (κ1) is 23.7. The molecule has 0 aromatic heterocycles. The molecule has 2 aromatic carbocycles. The Morgan fingerprint density at radius 1 is 0.879 bits per heavy atom. The fraction of sp³-hybridized carbons (Fsp3) is 0.480. The number of carbonyl (C=O) groups is 1. The van der Waals surface area contributed by atoms with Crippen LogP contribution in [0, 0.1) is 0 Å². The van der Waals surface area contributed by atoms with E-state index in [1.807, 2.05) is 12.1 Å². The number of rotatable bonds is 6. The molecule has 2 aliphatic heterocycles. The molecule has 2 aliphatic rings. The monoisotopic (exact) mass is 471 g/mol. The fourth-order valence-corrected chi connectivity index (χ4v) is 5.92. The second-order valence-corrected chi connectivity index (χ2v) is 10.7. The van der Waals surface area contributed by atoms with Crippen molar-refractivity contribution in [1.82, 2.24) is 9.21 Å². The molecular formula is C25H33N3O4S. The number of amides is 1. The van der Waals surface area contributed by atoms with Crippen LogP contribution in [0.5, 0.6) is 0 Å². The Hall–Kier alpha value is -2.42. The number of anilines is 1. The van der Waals surface area contributed by atoms with E-state index in [9.17, 15) is 13.2 Å². The van der Waals surface area contributed by atoms with Crippen molar-refractivity contribution in [2.24, 2.45) is 0 Å². The van der Waals surface area contributed by atoms with Crippen LogP contribution in [-0.4, -0.2) is 70.0 Å². The molecule has 0 spiro atoms. The number of sulfonamides is 1. The molecule has 2 aromatic rings. The van der Waals surface area contributed by atoms with Crippen molar-refractivity contribution in [3.8, 4) is 0 Å². The van der Waals surface area contributed by atoms with E-state index in [4.69, 9.17) is 4.74 Å². The molecule has 0 unspecified atom stereocenters. The summed E-state index contributed by atoms with van der Waals surface area (Å²) in [4.78, 5) is 17.1. The summed E-state index contributed by atoms with van der Waals surface area (Å²) in [6, 6.07) is 14.6. The van der Waals surface area contributed by atoms with Gasteiger partial charge in [-0.2, -0.15) is 4.31 Å². The van der Waals surface area contributed by atoms with Crippen molar-refractivity contribution in [3.05, 3.63) is 59.7 Å². The lowest BCUT2D eigenvalue weighted by atomic mass is 10.1. The predicted octanol–water partition coefficient (Wildman–Crippen LogP) is 3.36. The Bertz CT molecular complexity index is 1020. The van der Waals surface area contributed by atoms with E-state index < -0.39 is 10.0 Å². The molecule has 0 saturated carbocycles. The highest BCUT2D eigenvalue weighted by Crippen LogP contribution is 2.22. The van der Waals surface area contributed by atoms with Gasteiger partial charge in [-0.1, -0.05) is 25.0 Å². The quantitative estimate of drug-likeness (QED) is 0.646. The molecule has 0 bridgehead atoms. The largest absolute Gasteiger partial charge is 0.378 e. The maximum absolute atomic E-state index is 13.0. The highest BCUT2D eigenvalue weighted by Gasteiger charge is 2.25. The second-order valence-electron chi connectivity index (χ2n) is 8.77. The molecule has 2 heterocycles. The third kappa shape index (κ3) is 5.75. The van der Waals surface area contributed by atoms with Gasteiger partial charge in [-0.25, -0.2) is 8.42 Å². The minimum Gasteiger partial charge on any atom is -0.378 e. The molecule has 1 amide bonds. The summed E-state index contributed by atoms with van der Waals surface area (Å²) < 4.78 is 32.9. The molecule has 7 nitrogen and oxygen atoms in total. The number of morpholine rings is 1. The minimum absolute atomic E-state index is 0.133. The van der Waals surface area contributed by atoms with Crippen molar-refractivity contribution in [2.45, 2.75) is 37.1 Å². The van der Waals surface area contributed by atoms with Gasteiger partial charge in [0.15, 0.2) is 0 Å². The van der Waals surface area contributed by atoms with E-state index in [2.05, 4.69) is 17.0 Å². The highest BCUT2D eigenvalue weighted by molar-refractivity contribution is 7.89. The summed E-state index contributed by atoms with van der Waals surface area (Å²) >= 11 is 0. The van der Waals surface area contributed by atoms with Crippen LogP contribution in [0.1, 0.15) is 41.6 Å². The Labute approximate surface area is 197 Å². The lowest BCUT2D eigenvalue weighted by Gasteiger charge is -2.29. The molecular weight excluding hydrogens is 438 g/mol. The first-order chi connectivity index (χ1) is 15.9. The molecule has 4 rings (SSSR count). The Morgan fingerprint density at radius 3 is 2.09 bits per heavy atom. The SMILES string of the molecule is CN(Cc1ccc(N2CCOCC2)cc1)C(=O)c1ccc(S(=O)(=O)N2CCCCCC2)cc1. The first-order valence-electron chi connectivity index (χ1n) is 11.7. The Balaban J connectivity index is 1.38. The van der Waals surface area contributed by atoms with Crippen LogP contribution in [0.3, 0.4) is 0 Å². The number of benzene rings is 2. The van der Waals surface area contributed by atoms with E-state index in [0.29, 0.717) is 25.2 Å². The standard InChI is InChI=1S/C25H33N3O4S/c1-26(20-21-6-10-23(11-7-21)27-16-18-32-19-17-27)25(29)22-8-12-24(13-9-22)33(30,31)28-14-4-2-3-5-15-28/h6-13H,2-5,14-20H2,1H3. The van der Waals surface area contributed by atoms with Crippen LogP contribution in [0.15, 0.2) is 53.4 Å². The zero-order chi connectivity index (χ0) is 23.3. The van der Waals surface area contributed by atoms with Crippen LogP contribution in [0.2, 0.25) is 0 Å². The fourth-order valence-electron chi connectivity index (χ4n) is 4.40. The van der Waals surface area contributed by atoms with E-state index in [-0.39, 0.29) is 10.8 Å². The zero-order valence-corrected chi connectivity index (χ0v) is 20.1. The zero-order valence-electron chi connectivity index (χ0n) is 19.3. The van der Waals surface area contributed by atoms with Crippen LogP contribution in [0.25, 0.3) is 0 Å². The molecule has 178 valence electrons. The second kappa shape index (κ2) is 10.7. The Kier molecular flexibility index (Phi) is 7.67. The third-order valence-corrected chi connectivity index (χ3v) is 8.30. The lowest BCUT2D eigenvalue weighted by molar-refractivity contribution is 0.0785. The molecule has 8 heteroatoms. The van der Waals surface area contributed by atoms with Gasteiger partial charge in [0.2, 0.25) is 10.0 Å². The molecule has 2 saturated heterocycles. The van der Waals surface area contributed by atoms with Gasteiger partial charge in [-0.3, -0.25) is 4.79 Å². The summed E-state index contributed by atoms with van der Waals surface area (Å²) in [7, 11) is -1.75. The molecule has 33 heavy (non-hydrogen) atoms. The van der Waals surface area contributed by atoms with Gasteiger partial charge in [-0.05, 0) is 54.8 Å². The van der Waals surface area contributed by atoms with E-state index in [1.165, 1.54) is 0 Å². The molecule has 0 aliphatic carbocycles. The smallest absolute Gasteiger partial charge is 0.253 e. The summed E-state index contributed by atoms with van der Waals surface area (Å²) in [6.07, 6.45) is 3.94. The number of hydrogen-bond donors (Lipinski definition) is 0. The maximum Gasteiger partial charge on any atom is 0.253 e. The van der Waals surface area contributed by atoms with E-state index >= 15 is 0 Å². The van der Waals surface area contributed by atoms with Crippen LogP contribution in [0.4, 0.5) is 5.69 Å². The van der Waals surface area contributed by atoms with Crippen molar-refractivity contribution in [3.63, 3.8) is 0 Å². The molecule has 0 atom stereocenters. The Morgan fingerprint density at radius 2 is 1.48 bits per heavy atom. The number of ether oxygens (including phenoxy) is 1. The average Bonchev–Trinajstić information content (AvgIpc) is 3.15. The van der Waals surface area contributed by atoms with Crippen molar-refractivity contribution in [1.29, 1.82) is 0 Å². The normalized spacial score (nSPS) is 18.0. The summed E-state index contributed by atoms with van der Waals surface area (Å²) in [6.45, 7) is 4.89. The van der Waals surface area contributed by atoms with Crippen molar-refractivity contribution in [2.75, 3.05) is 51.3 Å². The molecule has 2 fully saturated rings. The van der Waals surface area contributed by atoms with Gasteiger partial charge in [0.25, 0.3) is 5.91 Å². The van der Waals surface area contributed by atoms with Crippen LogP contribution >= 0.6 is 0 Å². The summed E-state index contributed by atoms with van der Waals surface area (Å²) in [5.74, 6) is -0.133. The number of hydrogen-bond acceptors (Lipinski definition) is 5. The van der Waals surface area contributed by atoms with Gasteiger partial charge in [0.05, 0.1) is 18.1 Å². The third-order valence-electron chi connectivity index (χ3n) is 6.38. The first-order valence-corrected chi connectivity index (χ1v) is 13.2. The minimum atomic E-state index is -3.51. The maximum atomic E-state index is 13.0. The van der Waals surface area contributed by atoms with Crippen LogP contribution < -0.4 is 4.90 Å². The average molecular weight is 472 g/mol. The number of carbonyl (C=O) groups excluding carboxylic acids is 1. The highest BCUT2D eigenvalue weighted by atomic mass is 32.2. The van der Waals surface area contributed by atoms with Crippen molar-refractivity contribution >= 4 is 21.6 Å². The predicted molar refractivity (Wildman–Crippen MR) is 129 cm³/mol. The summed E-state index contributed by atoms with van der Waals surface area (Å²) in [5, 5.41) is 0. The summed E-state index contributed by atoms with van der Waals surface area (Å²) in [5.41, 5.74) is 2.69.